The molecule has 0 aliphatic rings. The van der Waals surface area contributed by atoms with Crippen LogP contribution < -0.4 is 4.87 Å². The van der Waals surface area contributed by atoms with Gasteiger partial charge in [-0.15, -0.1) is 0 Å². The SMILES string of the molecule is Cc1cc(-c2n[nH]c(=O)s2)ccn1. The molecule has 0 aromatic carbocycles. The van der Waals surface area contributed by atoms with Crippen LogP contribution in [0.3, 0.4) is 0 Å². The fourth-order valence-electron chi connectivity index (χ4n) is 1.03. The lowest BCUT2D eigenvalue weighted by Crippen LogP contribution is -1.90. The van der Waals surface area contributed by atoms with Crippen molar-refractivity contribution in [3.8, 4) is 10.6 Å². The summed E-state index contributed by atoms with van der Waals surface area (Å²) in [6.45, 7) is 1.90. The largest absolute Gasteiger partial charge is 0.322 e. The van der Waals surface area contributed by atoms with Crippen molar-refractivity contribution in [2.45, 2.75) is 6.92 Å². The molecule has 0 radical (unpaired) electrons. The summed E-state index contributed by atoms with van der Waals surface area (Å²) in [5, 5.41) is 6.96. The predicted octanol–water partition coefficient (Wildman–Crippen LogP) is 1.20. The van der Waals surface area contributed by atoms with Crippen molar-refractivity contribution in [1.29, 1.82) is 0 Å². The van der Waals surface area contributed by atoms with Crippen molar-refractivity contribution in [3.63, 3.8) is 0 Å². The number of hydrogen-bond acceptors (Lipinski definition) is 4. The van der Waals surface area contributed by atoms with Gasteiger partial charge in [-0.05, 0) is 19.1 Å². The number of aromatic amines is 1. The molecule has 2 heterocycles. The third kappa shape index (κ3) is 1.65. The fourth-order valence-corrected chi connectivity index (χ4v) is 1.63. The summed E-state index contributed by atoms with van der Waals surface area (Å²) in [5.74, 6) is 0. The summed E-state index contributed by atoms with van der Waals surface area (Å²) in [6.07, 6.45) is 1.70. The summed E-state index contributed by atoms with van der Waals surface area (Å²) in [4.78, 5) is 14.8. The minimum absolute atomic E-state index is 0.135. The van der Waals surface area contributed by atoms with Gasteiger partial charge in [-0.1, -0.05) is 11.3 Å². The fraction of sp³-hybridized carbons (Fsp3) is 0.125. The van der Waals surface area contributed by atoms with Gasteiger partial charge in [0.15, 0.2) is 0 Å². The zero-order valence-corrected chi connectivity index (χ0v) is 7.76. The van der Waals surface area contributed by atoms with Crippen LogP contribution in [0.4, 0.5) is 0 Å². The smallest absolute Gasteiger partial charge is 0.262 e. The molecule has 0 unspecified atom stereocenters. The van der Waals surface area contributed by atoms with Gasteiger partial charge in [0.1, 0.15) is 5.01 Å². The third-order valence-electron chi connectivity index (χ3n) is 1.58. The van der Waals surface area contributed by atoms with Gasteiger partial charge in [-0.3, -0.25) is 9.78 Å². The molecule has 2 rings (SSSR count). The molecule has 4 nitrogen and oxygen atoms in total. The Hall–Kier alpha value is -1.49. The molecule has 0 spiro atoms. The van der Waals surface area contributed by atoms with Gasteiger partial charge in [0.2, 0.25) is 0 Å². The first-order valence-electron chi connectivity index (χ1n) is 3.74. The molecule has 13 heavy (non-hydrogen) atoms. The number of rotatable bonds is 1. The second-order valence-corrected chi connectivity index (χ2v) is 3.57. The lowest BCUT2D eigenvalue weighted by molar-refractivity contribution is 1.06. The number of aryl methyl sites for hydroxylation is 1. The number of nitrogens with one attached hydrogen (secondary N) is 1. The molecular formula is C8H7N3OS. The molecule has 0 aliphatic heterocycles. The Balaban J connectivity index is 2.52. The van der Waals surface area contributed by atoms with Gasteiger partial charge < -0.3 is 0 Å². The van der Waals surface area contributed by atoms with Crippen LogP contribution in [0.2, 0.25) is 0 Å². The Morgan fingerprint density at radius 3 is 3.00 bits per heavy atom. The van der Waals surface area contributed by atoms with Crippen LogP contribution in [0.5, 0.6) is 0 Å². The highest BCUT2D eigenvalue weighted by Crippen LogP contribution is 2.17. The second-order valence-electron chi connectivity index (χ2n) is 2.60. The van der Waals surface area contributed by atoms with E-state index in [0.29, 0.717) is 5.01 Å². The Kier molecular flexibility index (Phi) is 1.94. The summed E-state index contributed by atoms with van der Waals surface area (Å²) < 4.78 is 0. The van der Waals surface area contributed by atoms with Crippen LogP contribution >= 0.6 is 11.3 Å². The zero-order chi connectivity index (χ0) is 9.26. The van der Waals surface area contributed by atoms with E-state index in [4.69, 9.17) is 0 Å². The normalized spacial score (nSPS) is 10.2. The van der Waals surface area contributed by atoms with Crippen LogP contribution in [0.15, 0.2) is 23.1 Å². The minimum Gasteiger partial charge on any atom is -0.262 e. The number of nitrogens with zero attached hydrogens (tertiary/aromatic N) is 2. The number of hydrogen-bond donors (Lipinski definition) is 1. The van der Waals surface area contributed by atoms with Crippen molar-refractivity contribution in [2.75, 3.05) is 0 Å². The van der Waals surface area contributed by atoms with Crippen molar-refractivity contribution in [2.24, 2.45) is 0 Å². The molecule has 0 saturated carbocycles. The quantitative estimate of drug-likeness (QED) is 0.740. The van der Waals surface area contributed by atoms with Crippen LogP contribution in [-0.2, 0) is 0 Å². The average molecular weight is 193 g/mol. The maximum Gasteiger partial charge on any atom is 0.322 e. The molecule has 0 atom stereocenters. The average Bonchev–Trinajstić information content (AvgIpc) is 2.52. The molecule has 0 bridgehead atoms. The molecule has 0 fully saturated rings. The van der Waals surface area contributed by atoms with Crippen LogP contribution in [0.1, 0.15) is 5.69 Å². The topological polar surface area (TPSA) is 58.6 Å². The van der Waals surface area contributed by atoms with E-state index in [1.165, 1.54) is 0 Å². The summed E-state index contributed by atoms with van der Waals surface area (Å²) >= 11 is 1.10. The Labute approximate surface area is 78.3 Å². The second kappa shape index (κ2) is 3.10. The van der Waals surface area contributed by atoms with Crippen molar-refractivity contribution < 1.29 is 0 Å². The molecular weight excluding hydrogens is 186 g/mol. The maximum atomic E-state index is 10.8. The van der Waals surface area contributed by atoms with E-state index >= 15 is 0 Å². The van der Waals surface area contributed by atoms with Gasteiger partial charge in [0.05, 0.1) is 0 Å². The van der Waals surface area contributed by atoms with Crippen LogP contribution in [-0.4, -0.2) is 15.2 Å². The monoisotopic (exact) mass is 193 g/mol. The van der Waals surface area contributed by atoms with E-state index < -0.39 is 0 Å². The first-order chi connectivity index (χ1) is 6.25. The molecule has 0 amide bonds. The van der Waals surface area contributed by atoms with Crippen molar-refractivity contribution in [3.05, 3.63) is 33.7 Å². The van der Waals surface area contributed by atoms with E-state index in [0.717, 1.165) is 22.6 Å². The van der Waals surface area contributed by atoms with Gasteiger partial charge in [0, 0.05) is 17.5 Å². The van der Waals surface area contributed by atoms with E-state index in [1.807, 2.05) is 19.1 Å². The number of aromatic nitrogens is 3. The highest BCUT2D eigenvalue weighted by atomic mass is 32.1. The molecule has 2 aromatic rings. The van der Waals surface area contributed by atoms with Gasteiger partial charge >= 0.3 is 4.87 Å². The highest BCUT2D eigenvalue weighted by molar-refractivity contribution is 7.12. The van der Waals surface area contributed by atoms with Crippen LogP contribution in [0, 0.1) is 6.92 Å². The Morgan fingerprint density at radius 1 is 1.54 bits per heavy atom. The van der Waals surface area contributed by atoms with E-state index in [9.17, 15) is 4.79 Å². The molecule has 0 saturated heterocycles. The summed E-state index contributed by atoms with van der Waals surface area (Å²) in [5.41, 5.74) is 1.84. The molecule has 2 aromatic heterocycles. The number of H-pyrrole nitrogens is 1. The zero-order valence-electron chi connectivity index (χ0n) is 6.94. The van der Waals surface area contributed by atoms with Crippen molar-refractivity contribution in [1.82, 2.24) is 15.2 Å². The van der Waals surface area contributed by atoms with E-state index in [-0.39, 0.29) is 4.87 Å². The molecule has 1 N–H and O–H groups in total. The molecule has 5 heteroatoms. The highest BCUT2D eigenvalue weighted by Gasteiger charge is 2.02. The van der Waals surface area contributed by atoms with E-state index in [2.05, 4.69) is 15.2 Å². The lowest BCUT2D eigenvalue weighted by atomic mass is 10.2. The minimum atomic E-state index is -0.135. The van der Waals surface area contributed by atoms with Gasteiger partial charge in [0.25, 0.3) is 0 Å². The van der Waals surface area contributed by atoms with Gasteiger partial charge in [-0.25, -0.2) is 5.10 Å². The van der Waals surface area contributed by atoms with Gasteiger partial charge in [-0.2, -0.15) is 5.10 Å². The summed E-state index contributed by atoms with van der Waals surface area (Å²) in [7, 11) is 0. The predicted molar refractivity (Wildman–Crippen MR) is 50.7 cm³/mol. The maximum absolute atomic E-state index is 10.8. The van der Waals surface area contributed by atoms with Crippen LogP contribution in [0.25, 0.3) is 10.6 Å². The lowest BCUT2D eigenvalue weighted by Gasteiger charge is -1.94. The standard InChI is InChI=1S/C8H7N3OS/c1-5-4-6(2-3-9-5)7-10-11-8(12)13-7/h2-4H,1H3,(H,11,12). The van der Waals surface area contributed by atoms with Crippen molar-refractivity contribution >= 4 is 11.3 Å². The third-order valence-corrected chi connectivity index (χ3v) is 2.38. The molecule has 66 valence electrons. The first-order valence-corrected chi connectivity index (χ1v) is 4.56. The summed E-state index contributed by atoms with van der Waals surface area (Å²) in [6, 6.07) is 3.73. The molecule has 0 aliphatic carbocycles. The van der Waals surface area contributed by atoms with E-state index in [1.54, 1.807) is 6.20 Å². The Morgan fingerprint density at radius 2 is 2.38 bits per heavy atom. The first kappa shape index (κ1) is 8.12. The number of pyridine rings is 1. The Bertz CT molecular complexity index is 474.